The molecule has 6 nitrogen and oxygen atoms in total. The molecular formula is C21H25N3O3S. The lowest BCUT2D eigenvalue weighted by atomic mass is 9.96. The SMILES string of the molecule is Cc1ccc(C2=NN(C(=O)C(C)C)[C@H](c3ccccc3NS(C)(=O)=O)C2)cc1. The molecule has 1 aliphatic rings. The highest BCUT2D eigenvalue weighted by molar-refractivity contribution is 7.92. The van der Waals surface area contributed by atoms with Gasteiger partial charge in [-0.25, -0.2) is 13.4 Å². The van der Waals surface area contributed by atoms with Gasteiger partial charge in [-0.15, -0.1) is 0 Å². The highest BCUT2D eigenvalue weighted by Crippen LogP contribution is 2.37. The Balaban J connectivity index is 2.03. The van der Waals surface area contributed by atoms with E-state index in [0.29, 0.717) is 12.1 Å². The molecule has 0 aromatic heterocycles. The van der Waals surface area contributed by atoms with E-state index >= 15 is 0 Å². The first kappa shape index (κ1) is 20.1. The quantitative estimate of drug-likeness (QED) is 0.833. The Hall–Kier alpha value is -2.67. The minimum atomic E-state index is -3.44. The number of nitrogens with one attached hydrogen (secondary N) is 1. The van der Waals surface area contributed by atoms with Crippen molar-refractivity contribution in [2.24, 2.45) is 11.0 Å². The second kappa shape index (κ2) is 7.75. The van der Waals surface area contributed by atoms with Crippen LogP contribution in [0.4, 0.5) is 5.69 Å². The van der Waals surface area contributed by atoms with Gasteiger partial charge in [0.05, 0.1) is 23.7 Å². The van der Waals surface area contributed by atoms with Crippen LogP contribution in [0.1, 0.15) is 43.0 Å². The first-order chi connectivity index (χ1) is 13.2. The molecule has 2 aromatic carbocycles. The number of aryl methyl sites for hydroxylation is 1. The van der Waals surface area contributed by atoms with Crippen LogP contribution in [0, 0.1) is 12.8 Å². The number of hydrazone groups is 1. The van der Waals surface area contributed by atoms with Crippen LogP contribution in [0.25, 0.3) is 0 Å². The molecule has 148 valence electrons. The van der Waals surface area contributed by atoms with E-state index in [9.17, 15) is 13.2 Å². The first-order valence-corrected chi connectivity index (χ1v) is 11.1. The van der Waals surface area contributed by atoms with E-state index in [-0.39, 0.29) is 17.9 Å². The third kappa shape index (κ3) is 4.42. The fourth-order valence-electron chi connectivity index (χ4n) is 3.22. The van der Waals surface area contributed by atoms with Crippen LogP contribution in [0.3, 0.4) is 0 Å². The molecule has 7 heteroatoms. The third-order valence-electron chi connectivity index (χ3n) is 4.63. The predicted molar refractivity (Wildman–Crippen MR) is 112 cm³/mol. The minimum absolute atomic E-state index is 0.0960. The Labute approximate surface area is 166 Å². The topological polar surface area (TPSA) is 78.8 Å². The predicted octanol–water partition coefficient (Wildman–Crippen LogP) is 3.70. The molecule has 2 aromatic rings. The van der Waals surface area contributed by atoms with Crippen molar-refractivity contribution in [3.8, 4) is 0 Å². The van der Waals surface area contributed by atoms with Gasteiger partial charge < -0.3 is 0 Å². The summed E-state index contributed by atoms with van der Waals surface area (Å²) in [6.45, 7) is 5.68. The fourth-order valence-corrected chi connectivity index (χ4v) is 3.81. The molecule has 3 rings (SSSR count). The number of amides is 1. The molecule has 1 heterocycles. The molecule has 0 bridgehead atoms. The molecule has 0 saturated heterocycles. The van der Waals surface area contributed by atoms with Crippen molar-refractivity contribution in [2.75, 3.05) is 11.0 Å². The second-order valence-electron chi connectivity index (χ2n) is 7.43. The van der Waals surface area contributed by atoms with Gasteiger partial charge in [0.2, 0.25) is 15.9 Å². The zero-order chi connectivity index (χ0) is 20.5. The van der Waals surface area contributed by atoms with Crippen LogP contribution in [-0.2, 0) is 14.8 Å². The lowest BCUT2D eigenvalue weighted by molar-refractivity contribution is -0.136. The summed E-state index contributed by atoms with van der Waals surface area (Å²) < 4.78 is 26.1. The second-order valence-corrected chi connectivity index (χ2v) is 9.18. The Morgan fingerprint density at radius 1 is 1.14 bits per heavy atom. The maximum atomic E-state index is 12.8. The number of anilines is 1. The number of carbonyl (C=O) groups excluding carboxylic acids is 1. The third-order valence-corrected chi connectivity index (χ3v) is 5.22. The highest BCUT2D eigenvalue weighted by atomic mass is 32.2. The first-order valence-electron chi connectivity index (χ1n) is 9.20. The summed E-state index contributed by atoms with van der Waals surface area (Å²) in [5, 5.41) is 6.13. The molecule has 0 spiro atoms. The van der Waals surface area contributed by atoms with E-state index in [1.54, 1.807) is 12.1 Å². The van der Waals surface area contributed by atoms with Crippen molar-refractivity contribution < 1.29 is 13.2 Å². The molecule has 1 aliphatic heterocycles. The monoisotopic (exact) mass is 399 g/mol. The van der Waals surface area contributed by atoms with Gasteiger partial charge in [-0.3, -0.25) is 9.52 Å². The van der Waals surface area contributed by atoms with E-state index in [4.69, 9.17) is 0 Å². The molecule has 0 unspecified atom stereocenters. The van der Waals surface area contributed by atoms with Crippen LogP contribution < -0.4 is 4.72 Å². The summed E-state index contributed by atoms with van der Waals surface area (Å²) in [5.41, 5.74) is 4.12. The van der Waals surface area contributed by atoms with Crippen molar-refractivity contribution >= 4 is 27.3 Å². The average molecular weight is 400 g/mol. The van der Waals surface area contributed by atoms with E-state index in [2.05, 4.69) is 9.82 Å². The van der Waals surface area contributed by atoms with Crippen LogP contribution >= 0.6 is 0 Å². The molecule has 0 aliphatic carbocycles. The molecule has 28 heavy (non-hydrogen) atoms. The van der Waals surface area contributed by atoms with Gasteiger partial charge in [-0.05, 0) is 18.6 Å². The van der Waals surface area contributed by atoms with Gasteiger partial charge in [0.1, 0.15) is 0 Å². The average Bonchev–Trinajstić information content (AvgIpc) is 3.05. The minimum Gasteiger partial charge on any atom is -0.283 e. The van der Waals surface area contributed by atoms with Gasteiger partial charge in [0.15, 0.2) is 0 Å². The molecule has 0 fully saturated rings. The summed E-state index contributed by atoms with van der Waals surface area (Å²) in [6, 6.07) is 14.8. The summed E-state index contributed by atoms with van der Waals surface area (Å²) in [5.74, 6) is -0.320. The number of nitrogens with zero attached hydrogens (tertiary/aromatic N) is 2. The fraction of sp³-hybridized carbons (Fsp3) is 0.333. The highest BCUT2D eigenvalue weighted by Gasteiger charge is 2.35. The van der Waals surface area contributed by atoms with Gasteiger partial charge in [0, 0.05) is 17.9 Å². The molecule has 0 saturated carbocycles. The van der Waals surface area contributed by atoms with Gasteiger partial charge in [-0.1, -0.05) is 61.9 Å². The van der Waals surface area contributed by atoms with Crippen LogP contribution in [0.15, 0.2) is 53.6 Å². The number of rotatable bonds is 5. The largest absolute Gasteiger partial charge is 0.283 e. The number of hydrogen-bond donors (Lipinski definition) is 1. The van der Waals surface area contributed by atoms with E-state index < -0.39 is 10.0 Å². The Morgan fingerprint density at radius 3 is 2.39 bits per heavy atom. The van der Waals surface area contributed by atoms with Crippen molar-refractivity contribution in [1.82, 2.24) is 5.01 Å². The van der Waals surface area contributed by atoms with E-state index in [1.165, 1.54) is 5.01 Å². The summed E-state index contributed by atoms with van der Waals surface area (Å²) in [7, 11) is -3.44. The standard InChI is InChI=1S/C21H25N3O3S/c1-14(2)21(25)24-20(13-19(22-24)16-11-9-15(3)10-12-16)17-7-5-6-8-18(17)23-28(4,26)27/h5-12,14,20,23H,13H2,1-4H3/t20-/m0/s1. The van der Waals surface area contributed by atoms with Gasteiger partial charge in [-0.2, -0.15) is 5.10 Å². The summed E-state index contributed by atoms with van der Waals surface area (Å²) in [6.07, 6.45) is 1.63. The number of hydrogen-bond acceptors (Lipinski definition) is 4. The van der Waals surface area contributed by atoms with Crippen LogP contribution in [0.2, 0.25) is 0 Å². The van der Waals surface area contributed by atoms with Crippen molar-refractivity contribution in [1.29, 1.82) is 0 Å². The van der Waals surface area contributed by atoms with Crippen molar-refractivity contribution in [3.05, 3.63) is 65.2 Å². The Bertz CT molecular complexity index is 1010. The van der Waals surface area contributed by atoms with Gasteiger partial charge in [0.25, 0.3) is 0 Å². The number of para-hydroxylation sites is 1. The lowest BCUT2D eigenvalue weighted by Gasteiger charge is -2.25. The molecule has 1 atom stereocenters. The van der Waals surface area contributed by atoms with Crippen LogP contribution in [-0.4, -0.2) is 31.3 Å². The van der Waals surface area contributed by atoms with E-state index in [1.807, 2.05) is 57.2 Å². The maximum Gasteiger partial charge on any atom is 0.245 e. The van der Waals surface area contributed by atoms with Gasteiger partial charge >= 0.3 is 0 Å². The molecule has 1 amide bonds. The van der Waals surface area contributed by atoms with Crippen molar-refractivity contribution in [3.63, 3.8) is 0 Å². The number of carbonyl (C=O) groups is 1. The van der Waals surface area contributed by atoms with Crippen molar-refractivity contribution in [2.45, 2.75) is 33.2 Å². The zero-order valence-corrected chi connectivity index (χ0v) is 17.3. The normalized spacial score (nSPS) is 17.0. The summed E-state index contributed by atoms with van der Waals surface area (Å²) >= 11 is 0. The molecule has 1 N–H and O–H groups in total. The smallest absolute Gasteiger partial charge is 0.245 e. The Kier molecular flexibility index (Phi) is 5.56. The molecular weight excluding hydrogens is 374 g/mol. The Morgan fingerprint density at radius 2 is 1.79 bits per heavy atom. The lowest BCUT2D eigenvalue weighted by Crippen LogP contribution is -2.31. The number of sulfonamides is 1. The number of benzene rings is 2. The maximum absolute atomic E-state index is 12.8. The molecule has 0 radical (unpaired) electrons. The summed E-state index contributed by atoms with van der Waals surface area (Å²) in [4.78, 5) is 12.8. The van der Waals surface area contributed by atoms with E-state index in [0.717, 1.165) is 28.7 Å². The zero-order valence-electron chi connectivity index (χ0n) is 16.5. The van der Waals surface area contributed by atoms with Crippen LogP contribution in [0.5, 0.6) is 0 Å².